The van der Waals surface area contributed by atoms with Gasteiger partial charge in [-0.15, -0.1) is 0 Å². The Hall–Kier alpha value is -1.37. The number of piperidine rings is 1. The summed E-state index contributed by atoms with van der Waals surface area (Å²) >= 11 is 0. The highest BCUT2D eigenvalue weighted by Gasteiger charge is 2.29. The molecule has 88 valence electrons. The minimum Gasteiger partial charge on any atom is -0.388 e. The van der Waals surface area contributed by atoms with Crippen molar-refractivity contribution in [3.05, 3.63) is 11.1 Å². The minimum absolute atomic E-state index is 0.0700. The first-order valence-corrected chi connectivity index (χ1v) is 6.56. The molecule has 2 heterocycles. The van der Waals surface area contributed by atoms with E-state index in [1.165, 1.54) is 0 Å². The van der Waals surface area contributed by atoms with Gasteiger partial charge in [-0.3, -0.25) is 4.79 Å². The van der Waals surface area contributed by atoms with Crippen LogP contribution in [0.5, 0.6) is 0 Å². The summed E-state index contributed by atoms with van der Waals surface area (Å²) < 4.78 is 25.8. The molecule has 7 heteroatoms. The molecule has 16 heavy (non-hydrogen) atoms. The normalized spacial score (nSPS) is 23.9. The largest absolute Gasteiger partial charge is 0.388 e. The molecule has 1 amide bonds. The van der Waals surface area contributed by atoms with Crippen LogP contribution in [-0.4, -0.2) is 38.0 Å². The standard InChI is InChI=1S/C9H13N3O3S/c10-8-6-7(11-16(8,14)15)9(13)12-4-2-1-3-5-12/h6H,1-5,10H2. The number of carbonyl (C=O) groups excluding carboxylic acids is 1. The van der Waals surface area contributed by atoms with Crippen molar-refractivity contribution in [2.24, 2.45) is 10.1 Å². The molecule has 1 saturated heterocycles. The van der Waals surface area contributed by atoms with Gasteiger partial charge in [0.05, 0.1) is 0 Å². The zero-order valence-corrected chi connectivity index (χ0v) is 9.53. The summed E-state index contributed by atoms with van der Waals surface area (Å²) in [4.78, 5) is 13.5. The fraction of sp³-hybridized carbons (Fsp3) is 0.556. The van der Waals surface area contributed by atoms with E-state index in [0.717, 1.165) is 25.3 Å². The SMILES string of the molecule is NC1=CC(C(=O)N2CCCCC2)=NS1(=O)=O. The summed E-state index contributed by atoms with van der Waals surface area (Å²) in [5.74, 6) is -0.344. The smallest absolute Gasteiger partial charge is 0.298 e. The van der Waals surface area contributed by atoms with Crippen LogP contribution in [0.2, 0.25) is 0 Å². The highest BCUT2D eigenvalue weighted by molar-refractivity contribution is 7.94. The van der Waals surface area contributed by atoms with Gasteiger partial charge < -0.3 is 10.6 Å². The molecule has 6 nitrogen and oxygen atoms in total. The highest BCUT2D eigenvalue weighted by atomic mass is 32.2. The second-order valence-corrected chi connectivity index (χ2v) is 5.46. The van der Waals surface area contributed by atoms with Crippen LogP contribution in [0.25, 0.3) is 0 Å². The van der Waals surface area contributed by atoms with Crippen molar-refractivity contribution >= 4 is 21.6 Å². The van der Waals surface area contributed by atoms with E-state index in [4.69, 9.17) is 5.73 Å². The van der Waals surface area contributed by atoms with Gasteiger partial charge in [-0.1, -0.05) is 0 Å². The topological polar surface area (TPSA) is 92.8 Å². The van der Waals surface area contributed by atoms with Crippen LogP contribution in [0, 0.1) is 0 Å². The van der Waals surface area contributed by atoms with Gasteiger partial charge in [-0.25, -0.2) is 0 Å². The lowest BCUT2D eigenvalue weighted by atomic mass is 10.1. The first kappa shape index (κ1) is 11.1. The Kier molecular flexibility index (Phi) is 2.71. The van der Waals surface area contributed by atoms with Crippen molar-refractivity contribution in [2.45, 2.75) is 19.3 Å². The molecule has 2 N–H and O–H groups in total. The molecule has 0 aromatic carbocycles. The zero-order chi connectivity index (χ0) is 11.8. The number of hydrogen-bond donors (Lipinski definition) is 1. The van der Waals surface area contributed by atoms with Gasteiger partial charge in [0.15, 0.2) is 5.03 Å². The molecule has 2 aliphatic rings. The molecule has 0 atom stereocenters. The zero-order valence-electron chi connectivity index (χ0n) is 8.72. The van der Waals surface area contributed by atoms with Crippen LogP contribution in [-0.2, 0) is 14.8 Å². The fourth-order valence-corrected chi connectivity index (χ4v) is 2.53. The quantitative estimate of drug-likeness (QED) is 0.677. The van der Waals surface area contributed by atoms with Crippen LogP contribution < -0.4 is 5.73 Å². The Labute approximate surface area is 93.9 Å². The highest BCUT2D eigenvalue weighted by Crippen LogP contribution is 2.15. The Morgan fingerprint density at radius 2 is 1.94 bits per heavy atom. The van der Waals surface area contributed by atoms with Crippen molar-refractivity contribution < 1.29 is 13.2 Å². The average Bonchev–Trinajstić information content (AvgIpc) is 2.54. The number of likely N-dealkylation sites (tertiary alicyclic amines) is 1. The molecule has 0 unspecified atom stereocenters. The van der Waals surface area contributed by atoms with E-state index in [0.29, 0.717) is 13.1 Å². The summed E-state index contributed by atoms with van der Waals surface area (Å²) in [5.41, 5.74) is 5.19. The molecule has 0 spiro atoms. The Bertz CT molecular complexity index is 472. The van der Waals surface area contributed by atoms with Crippen LogP contribution in [0.4, 0.5) is 0 Å². The van der Waals surface area contributed by atoms with Gasteiger partial charge in [0.25, 0.3) is 15.9 Å². The van der Waals surface area contributed by atoms with Gasteiger partial charge in [0.2, 0.25) is 0 Å². The second kappa shape index (κ2) is 3.89. The molecule has 0 saturated carbocycles. The van der Waals surface area contributed by atoms with E-state index in [1.807, 2.05) is 0 Å². The third kappa shape index (κ3) is 1.95. The minimum atomic E-state index is -3.78. The van der Waals surface area contributed by atoms with Crippen molar-refractivity contribution in [2.75, 3.05) is 13.1 Å². The van der Waals surface area contributed by atoms with Crippen LogP contribution in [0.15, 0.2) is 15.5 Å². The maximum Gasteiger partial charge on any atom is 0.298 e. The molecule has 0 aromatic rings. The summed E-state index contributed by atoms with van der Waals surface area (Å²) in [6.45, 7) is 1.32. The molecule has 0 aliphatic carbocycles. The number of nitrogens with zero attached hydrogens (tertiary/aromatic N) is 2. The van der Waals surface area contributed by atoms with Gasteiger partial charge in [0.1, 0.15) is 5.71 Å². The average molecular weight is 243 g/mol. The number of hydrogen-bond acceptors (Lipinski definition) is 4. The molecule has 1 fully saturated rings. The Morgan fingerprint density at radius 3 is 2.44 bits per heavy atom. The molecule has 0 bridgehead atoms. The van der Waals surface area contributed by atoms with Crippen LogP contribution in [0.1, 0.15) is 19.3 Å². The molecular weight excluding hydrogens is 230 g/mol. The summed E-state index contributed by atoms with van der Waals surface area (Å²) in [6, 6.07) is 0. The third-order valence-corrected chi connectivity index (χ3v) is 3.81. The van der Waals surface area contributed by atoms with E-state index in [-0.39, 0.29) is 16.6 Å². The number of sulfonamides is 1. The fourth-order valence-electron chi connectivity index (χ4n) is 1.78. The molecular formula is C9H13N3O3S. The summed E-state index contributed by atoms with van der Waals surface area (Å²) in [7, 11) is -3.78. The molecule has 0 radical (unpaired) electrons. The van der Waals surface area contributed by atoms with Crippen molar-refractivity contribution in [1.82, 2.24) is 4.90 Å². The van der Waals surface area contributed by atoms with Gasteiger partial charge >= 0.3 is 0 Å². The second-order valence-electron chi connectivity index (χ2n) is 3.85. The van der Waals surface area contributed by atoms with Crippen LogP contribution in [0.3, 0.4) is 0 Å². The van der Waals surface area contributed by atoms with Gasteiger partial charge in [0, 0.05) is 19.2 Å². The van der Waals surface area contributed by atoms with Gasteiger partial charge in [-0.05, 0) is 19.3 Å². The predicted molar refractivity (Wildman–Crippen MR) is 59.1 cm³/mol. The molecule has 2 rings (SSSR count). The maximum atomic E-state index is 11.9. The van der Waals surface area contributed by atoms with E-state index in [2.05, 4.69) is 4.40 Å². The number of rotatable bonds is 1. The number of amides is 1. The van der Waals surface area contributed by atoms with Crippen molar-refractivity contribution in [3.63, 3.8) is 0 Å². The third-order valence-electron chi connectivity index (χ3n) is 2.66. The van der Waals surface area contributed by atoms with Crippen molar-refractivity contribution in [1.29, 1.82) is 0 Å². The molecule has 0 aromatic heterocycles. The lowest BCUT2D eigenvalue weighted by Crippen LogP contribution is -2.39. The van der Waals surface area contributed by atoms with Crippen molar-refractivity contribution in [3.8, 4) is 0 Å². The lowest BCUT2D eigenvalue weighted by molar-refractivity contribution is -0.124. The predicted octanol–water partition coefficient (Wildman–Crippen LogP) is -0.417. The summed E-state index contributed by atoms with van der Waals surface area (Å²) in [6.07, 6.45) is 4.13. The first-order valence-electron chi connectivity index (χ1n) is 5.12. The number of carbonyl (C=O) groups is 1. The Balaban J connectivity index is 2.18. The maximum absolute atomic E-state index is 11.9. The summed E-state index contributed by atoms with van der Waals surface area (Å²) in [5, 5.41) is -0.354. The monoisotopic (exact) mass is 243 g/mol. The lowest BCUT2D eigenvalue weighted by Gasteiger charge is -2.25. The number of nitrogens with two attached hydrogens (primary N) is 1. The van der Waals surface area contributed by atoms with E-state index in [9.17, 15) is 13.2 Å². The van der Waals surface area contributed by atoms with E-state index in [1.54, 1.807) is 4.90 Å². The van der Waals surface area contributed by atoms with Crippen LogP contribution >= 0.6 is 0 Å². The van der Waals surface area contributed by atoms with Gasteiger partial charge in [-0.2, -0.15) is 12.8 Å². The van der Waals surface area contributed by atoms with E-state index < -0.39 is 10.0 Å². The molecule has 2 aliphatic heterocycles. The Morgan fingerprint density at radius 1 is 1.31 bits per heavy atom. The van der Waals surface area contributed by atoms with E-state index >= 15 is 0 Å². The first-order chi connectivity index (χ1) is 7.50.